The third-order valence-electron chi connectivity index (χ3n) is 5.55. The van der Waals surface area contributed by atoms with Gasteiger partial charge in [-0.1, -0.05) is 23.4 Å². The highest BCUT2D eigenvalue weighted by Crippen LogP contribution is 2.36. The number of thioether (sulfide) groups is 1. The lowest BCUT2D eigenvalue weighted by molar-refractivity contribution is 0.333. The van der Waals surface area contributed by atoms with E-state index in [0.29, 0.717) is 16.3 Å². The lowest BCUT2D eigenvalue weighted by Gasteiger charge is -2.15. The van der Waals surface area contributed by atoms with E-state index in [1.165, 1.54) is 51.0 Å². The standard InChI is InChI=1S/C24H27ClFN3OS/c1-30-23-11-8-19(26)16-21(23)22-17-27-24(29(22)20-9-6-18(25)7-10-20)31-15-5-4-14-28-12-2-3-13-28/h6-11,16-17H,2-5,12-15H2,1H3. The normalized spacial score (nSPS) is 14.3. The van der Waals surface area contributed by atoms with Crippen molar-refractivity contribution in [3.63, 3.8) is 0 Å². The third-order valence-corrected chi connectivity index (χ3v) is 6.84. The number of halogens is 2. The van der Waals surface area contributed by atoms with Crippen LogP contribution >= 0.6 is 23.4 Å². The molecule has 3 aromatic rings. The van der Waals surface area contributed by atoms with E-state index < -0.39 is 0 Å². The van der Waals surface area contributed by atoms with Crippen molar-refractivity contribution in [3.8, 4) is 22.7 Å². The smallest absolute Gasteiger partial charge is 0.173 e. The van der Waals surface area contributed by atoms with E-state index in [2.05, 4.69) is 14.5 Å². The first-order valence-electron chi connectivity index (χ1n) is 10.7. The molecule has 0 radical (unpaired) electrons. The highest BCUT2D eigenvalue weighted by atomic mass is 35.5. The molecule has 7 heteroatoms. The van der Waals surface area contributed by atoms with Gasteiger partial charge in [-0.3, -0.25) is 4.57 Å². The minimum Gasteiger partial charge on any atom is -0.496 e. The van der Waals surface area contributed by atoms with Crippen molar-refractivity contribution < 1.29 is 9.13 Å². The number of imidazole rings is 1. The van der Waals surface area contributed by atoms with Gasteiger partial charge in [-0.25, -0.2) is 9.37 Å². The van der Waals surface area contributed by atoms with E-state index in [-0.39, 0.29) is 5.82 Å². The maximum Gasteiger partial charge on any atom is 0.173 e. The van der Waals surface area contributed by atoms with Gasteiger partial charge in [-0.15, -0.1) is 0 Å². The van der Waals surface area contributed by atoms with Gasteiger partial charge in [0.25, 0.3) is 0 Å². The van der Waals surface area contributed by atoms with Crippen molar-refractivity contribution in [3.05, 3.63) is 59.5 Å². The van der Waals surface area contributed by atoms with E-state index >= 15 is 0 Å². The zero-order valence-electron chi connectivity index (χ0n) is 17.7. The summed E-state index contributed by atoms with van der Waals surface area (Å²) >= 11 is 7.83. The fourth-order valence-corrected chi connectivity index (χ4v) is 5.07. The van der Waals surface area contributed by atoms with Crippen LogP contribution in [0.2, 0.25) is 5.02 Å². The second-order valence-corrected chi connectivity index (χ2v) is 9.19. The molecule has 2 aromatic carbocycles. The summed E-state index contributed by atoms with van der Waals surface area (Å²) in [6, 6.07) is 12.2. The van der Waals surface area contributed by atoms with E-state index in [4.69, 9.17) is 16.3 Å². The molecule has 31 heavy (non-hydrogen) atoms. The van der Waals surface area contributed by atoms with Gasteiger partial charge in [0, 0.05) is 22.0 Å². The van der Waals surface area contributed by atoms with Crippen LogP contribution in [-0.4, -0.2) is 46.9 Å². The lowest BCUT2D eigenvalue weighted by atomic mass is 10.1. The van der Waals surface area contributed by atoms with Gasteiger partial charge in [0.05, 0.1) is 19.0 Å². The molecule has 0 atom stereocenters. The van der Waals surface area contributed by atoms with Gasteiger partial charge in [-0.2, -0.15) is 0 Å². The van der Waals surface area contributed by atoms with Crippen LogP contribution in [0.1, 0.15) is 25.7 Å². The Morgan fingerprint density at radius 3 is 2.61 bits per heavy atom. The molecule has 0 spiro atoms. The maximum absolute atomic E-state index is 14.1. The molecule has 1 aromatic heterocycles. The number of rotatable bonds is 9. The largest absolute Gasteiger partial charge is 0.496 e. The van der Waals surface area contributed by atoms with Crippen molar-refractivity contribution >= 4 is 23.4 Å². The Labute approximate surface area is 192 Å². The average Bonchev–Trinajstić information content (AvgIpc) is 3.44. The molecule has 1 saturated heterocycles. The summed E-state index contributed by atoms with van der Waals surface area (Å²) in [5.41, 5.74) is 2.40. The molecule has 0 bridgehead atoms. The van der Waals surface area contributed by atoms with Crippen LogP contribution in [0, 0.1) is 5.82 Å². The first-order chi connectivity index (χ1) is 15.2. The fraction of sp³-hybridized carbons (Fsp3) is 0.375. The van der Waals surface area contributed by atoms with Crippen LogP contribution in [-0.2, 0) is 0 Å². The average molecular weight is 460 g/mol. The number of unbranched alkanes of at least 4 members (excludes halogenated alkanes) is 1. The van der Waals surface area contributed by atoms with Crippen molar-refractivity contribution in [2.45, 2.75) is 30.8 Å². The van der Waals surface area contributed by atoms with Crippen molar-refractivity contribution in [2.24, 2.45) is 0 Å². The SMILES string of the molecule is COc1ccc(F)cc1-c1cnc(SCCCCN2CCCC2)n1-c1ccc(Cl)cc1. The van der Waals surface area contributed by atoms with Gasteiger partial charge in [0.15, 0.2) is 5.16 Å². The Hall–Kier alpha value is -2.02. The van der Waals surface area contributed by atoms with Crippen LogP contribution in [0.5, 0.6) is 5.75 Å². The third kappa shape index (κ3) is 5.43. The summed E-state index contributed by atoms with van der Waals surface area (Å²) in [5.74, 6) is 1.28. The Balaban J connectivity index is 1.57. The number of nitrogens with zero attached hydrogens (tertiary/aromatic N) is 3. The number of hydrogen-bond donors (Lipinski definition) is 0. The van der Waals surface area contributed by atoms with Gasteiger partial charge in [-0.05, 0) is 87.8 Å². The van der Waals surface area contributed by atoms with Crippen LogP contribution in [0.25, 0.3) is 16.9 Å². The second-order valence-electron chi connectivity index (χ2n) is 7.69. The zero-order valence-corrected chi connectivity index (χ0v) is 19.3. The first kappa shape index (κ1) is 22.2. The maximum atomic E-state index is 14.1. The van der Waals surface area contributed by atoms with Crippen LogP contribution in [0.4, 0.5) is 4.39 Å². The van der Waals surface area contributed by atoms with E-state index in [9.17, 15) is 4.39 Å². The minimum absolute atomic E-state index is 0.309. The summed E-state index contributed by atoms with van der Waals surface area (Å²) in [7, 11) is 1.59. The summed E-state index contributed by atoms with van der Waals surface area (Å²) in [4.78, 5) is 7.23. The number of methoxy groups -OCH3 is 1. The lowest BCUT2D eigenvalue weighted by Crippen LogP contribution is -2.20. The molecule has 0 N–H and O–H groups in total. The number of hydrogen-bond acceptors (Lipinski definition) is 4. The second kappa shape index (κ2) is 10.5. The molecule has 1 aliphatic rings. The fourth-order valence-electron chi connectivity index (χ4n) is 3.95. The van der Waals surface area contributed by atoms with Gasteiger partial charge in [0.2, 0.25) is 0 Å². The van der Waals surface area contributed by atoms with Gasteiger partial charge >= 0.3 is 0 Å². The van der Waals surface area contributed by atoms with Crippen LogP contribution in [0.3, 0.4) is 0 Å². The molecular weight excluding hydrogens is 433 g/mol. The quantitative estimate of drug-likeness (QED) is 0.277. The molecule has 0 saturated carbocycles. The molecule has 1 aliphatic heterocycles. The zero-order chi connectivity index (χ0) is 21.6. The number of benzene rings is 2. The number of likely N-dealkylation sites (tertiary alicyclic amines) is 1. The van der Waals surface area contributed by atoms with Gasteiger partial charge in [0.1, 0.15) is 11.6 Å². The Kier molecular flexibility index (Phi) is 7.54. The molecule has 1 fully saturated rings. The van der Waals surface area contributed by atoms with Crippen LogP contribution < -0.4 is 4.74 Å². The van der Waals surface area contributed by atoms with Crippen molar-refractivity contribution in [1.29, 1.82) is 0 Å². The Morgan fingerprint density at radius 2 is 1.87 bits per heavy atom. The Bertz CT molecular complexity index is 1000. The predicted octanol–water partition coefficient (Wildman–Crippen LogP) is 6.31. The topological polar surface area (TPSA) is 30.3 Å². The number of ether oxygens (including phenoxy) is 1. The predicted molar refractivity (Wildman–Crippen MR) is 126 cm³/mol. The summed E-state index contributed by atoms with van der Waals surface area (Å²) in [6.45, 7) is 3.66. The van der Waals surface area contributed by atoms with E-state index in [1.54, 1.807) is 31.1 Å². The van der Waals surface area contributed by atoms with E-state index in [0.717, 1.165) is 28.7 Å². The van der Waals surface area contributed by atoms with Crippen molar-refractivity contribution in [1.82, 2.24) is 14.5 Å². The molecular formula is C24H27ClFN3OS. The summed E-state index contributed by atoms with van der Waals surface area (Å²) in [6.07, 6.45) is 6.78. The molecule has 0 aliphatic carbocycles. The molecule has 164 valence electrons. The number of aromatic nitrogens is 2. The van der Waals surface area contributed by atoms with Gasteiger partial charge < -0.3 is 9.64 Å². The molecule has 2 heterocycles. The minimum atomic E-state index is -0.309. The molecule has 0 unspecified atom stereocenters. The molecule has 4 rings (SSSR count). The summed E-state index contributed by atoms with van der Waals surface area (Å²) < 4.78 is 21.6. The summed E-state index contributed by atoms with van der Waals surface area (Å²) in [5, 5.41) is 1.55. The highest BCUT2D eigenvalue weighted by Gasteiger charge is 2.18. The monoisotopic (exact) mass is 459 g/mol. The first-order valence-corrected chi connectivity index (χ1v) is 12.0. The van der Waals surface area contributed by atoms with Crippen molar-refractivity contribution in [2.75, 3.05) is 32.5 Å². The Morgan fingerprint density at radius 1 is 1.10 bits per heavy atom. The molecule has 4 nitrogen and oxygen atoms in total. The highest BCUT2D eigenvalue weighted by molar-refractivity contribution is 7.99. The van der Waals surface area contributed by atoms with Crippen LogP contribution in [0.15, 0.2) is 53.8 Å². The molecule has 0 amide bonds. The van der Waals surface area contributed by atoms with E-state index in [1.807, 2.05) is 24.3 Å².